The van der Waals surface area contributed by atoms with Crippen LogP contribution >= 0.6 is 11.6 Å². The second kappa shape index (κ2) is 8.31. The minimum atomic E-state index is -1.06. The molecule has 0 spiro atoms. The molecule has 1 aromatic carbocycles. The van der Waals surface area contributed by atoms with E-state index in [2.05, 4.69) is 15.2 Å². The first-order chi connectivity index (χ1) is 16.9. The maximum atomic E-state index is 13.2. The number of piperidine rings is 1. The smallest absolute Gasteiger partial charge is 0.264 e. The Bertz CT molecular complexity index is 1480. The standard InChI is InChI=1S/C24H24ClN7O3/c25-17-11-27-31(13-17)18-2-1-3-19(10-18)32-21-20(12-28-32)23(34)30(15-26-21)14-24(35)6-8-29(9-7-24)22(33)16-4-5-16/h1-3,10-13,15-16,35H,4-9,14H2. The van der Waals surface area contributed by atoms with E-state index < -0.39 is 5.60 Å². The fraction of sp³-hybridized carbons (Fsp3) is 0.375. The van der Waals surface area contributed by atoms with Gasteiger partial charge in [0, 0.05) is 25.2 Å². The number of aromatic nitrogens is 6. The van der Waals surface area contributed by atoms with Crippen molar-refractivity contribution in [2.24, 2.45) is 5.92 Å². The molecule has 6 rings (SSSR count). The Hall–Kier alpha value is -3.50. The second-order valence-electron chi connectivity index (χ2n) is 9.42. The molecule has 3 aromatic heterocycles. The van der Waals surface area contributed by atoms with Crippen LogP contribution in [0.1, 0.15) is 25.7 Å². The van der Waals surface area contributed by atoms with Crippen LogP contribution in [0.3, 0.4) is 0 Å². The first-order valence-corrected chi connectivity index (χ1v) is 12.0. The molecule has 0 unspecified atom stereocenters. The van der Waals surface area contributed by atoms with Crippen LogP contribution in [0.5, 0.6) is 0 Å². The van der Waals surface area contributed by atoms with Crippen LogP contribution in [0.4, 0.5) is 0 Å². The Balaban J connectivity index is 1.24. The van der Waals surface area contributed by atoms with Gasteiger partial charge in [-0.25, -0.2) is 14.3 Å². The van der Waals surface area contributed by atoms with Gasteiger partial charge in [-0.15, -0.1) is 0 Å². The van der Waals surface area contributed by atoms with Crippen molar-refractivity contribution in [1.29, 1.82) is 0 Å². The van der Waals surface area contributed by atoms with Gasteiger partial charge < -0.3 is 10.0 Å². The van der Waals surface area contributed by atoms with Crippen molar-refractivity contribution in [2.75, 3.05) is 13.1 Å². The number of benzene rings is 1. The summed E-state index contributed by atoms with van der Waals surface area (Å²) in [6, 6.07) is 7.50. The van der Waals surface area contributed by atoms with Crippen LogP contribution in [0.15, 0.2) is 54.0 Å². The fourth-order valence-corrected chi connectivity index (χ4v) is 4.80. The second-order valence-corrected chi connectivity index (χ2v) is 9.85. The fourth-order valence-electron chi connectivity index (χ4n) is 4.67. The number of rotatable bonds is 5. The van der Waals surface area contributed by atoms with E-state index in [0.29, 0.717) is 42.0 Å². The number of carbonyl (C=O) groups is 1. The van der Waals surface area contributed by atoms with E-state index in [1.807, 2.05) is 29.2 Å². The normalized spacial score (nSPS) is 17.7. The van der Waals surface area contributed by atoms with E-state index in [0.717, 1.165) is 24.2 Å². The predicted octanol–water partition coefficient (Wildman–Crippen LogP) is 2.18. The van der Waals surface area contributed by atoms with Gasteiger partial charge in [0.25, 0.3) is 5.56 Å². The van der Waals surface area contributed by atoms with E-state index >= 15 is 0 Å². The molecule has 0 radical (unpaired) electrons. The predicted molar refractivity (Wildman–Crippen MR) is 129 cm³/mol. The molecular weight excluding hydrogens is 470 g/mol. The number of hydrogen-bond donors (Lipinski definition) is 1. The van der Waals surface area contributed by atoms with Crippen molar-refractivity contribution >= 4 is 28.5 Å². The number of amides is 1. The summed E-state index contributed by atoms with van der Waals surface area (Å²) in [4.78, 5) is 31.9. The van der Waals surface area contributed by atoms with Crippen molar-refractivity contribution in [2.45, 2.75) is 37.8 Å². The Morgan fingerprint density at radius 1 is 1.14 bits per heavy atom. The summed E-state index contributed by atoms with van der Waals surface area (Å²) < 4.78 is 4.70. The molecule has 10 nitrogen and oxygen atoms in total. The SMILES string of the molecule is O=C(C1CC1)N1CCC(O)(Cn2cnc3c(cnn3-c3cccc(-n4cc(Cl)cn4)c3)c2=O)CC1. The lowest BCUT2D eigenvalue weighted by atomic mass is 9.91. The highest BCUT2D eigenvalue weighted by molar-refractivity contribution is 6.30. The van der Waals surface area contributed by atoms with Gasteiger partial charge in [-0.2, -0.15) is 10.2 Å². The van der Waals surface area contributed by atoms with Gasteiger partial charge in [0.1, 0.15) is 11.7 Å². The number of nitrogens with zero attached hydrogens (tertiary/aromatic N) is 7. The number of fused-ring (bicyclic) bond motifs is 1. The molecule has 1 aliphatic carbocycles. The summed E-state index contributed by atoms with van der Waals surface area (Å²) >= 11 is 5.99. The lowest BCUT2D eigenvalue weighted by Gasteiger charge is -2.38. The van der Waals surface area contributed by atoms with E-state index in [1.165, 1.54) is 17.1 Å². The summed E-state index contributed by atoms with van der Waals surface area (Å²) in [5, 5.41) is 20.7. The van der Waals surface area contributed by atoms with Gasteiger partial charge >= 0.3 is 0 Å². The Labute approximate surface area is 205 Å². The van der Waals surface area contributed by atoms with Crippen LogP contribution in [-0.4, -0.2) is 63.7 Å². The Morgan fingerprint density at radius 2 is 1.91 bits per heavy atom. The molecule has 4 aromatic rings. The number of hydrogen-bond acceptors (Lipinski definition) is 6. The van der Waals surface area contributed by atoms with Crippen LogP contribution in [0.25, 0.3) is 22.4 Å². The minimum absolute atomic E-state index is 0.126. The molecule has 0 bridgehead atoms. The number of aliphatic hydroxyl groups is 1. The van der Waals surface area contributed by atoms with E-state index in [9.17, 15) is 14.7 Å². The molecule has 11 heteroatoms. The van der Waals surface area contributed by atoms with Crippen molar-refractivity contribution in [3.8, 4) is 11.4 Å². The van der Waals surface area contributed by atoms with Crippen molar-refractivity contribution in [3.63, 3.8) is 0 Å². The van der Waals surface area contributed by atoms with Gasteiger partial charge in [0.15, 0.2) is 5.65 Å². The van der Waals surface area contributed by atoms with E-state index in [1.54, 1.807) is 21.8 Å². The van der Waals surface area contributed by atoms with Crippen molar-refractivity contribution in [3.05, 3.63) is 64.6 Å². The highest BCUT2D eigenvalue weighted by atomic mass is 35.5. The van der Waals surface area contributed by atoms with Gasteiger partial charge in [-0.05, 0) is 43.9 Å². The molecule has 35 heavy (non-hydrogen) atoms. The zero-order valence-corrected chi connectivity index (χ0v) is 19.7. The Kier molecular flexibility index (Phi) is 5.23. The highest BCUT2D eigenvalue weighted by Gasteiger charge is 2.39. The minimum Gasteiger partial charge on any atom is -0.388 e. The Morgan fingerprint density at radius 3 is 2.63 bits per heavy atom. The average Bonchev–Trinajstić information content (AvgIpc) is 3.47. The summed E-state index contributed by atoms with van der Waals surface area (Å²) in [7, 11) is 0. The molecule has 4 heterocycles. The van der Waals surface area contributed by atoms with E-state index in [-0.39, 0.29) is 23.9 Å². The summed E-state index contributed by atoms with van der Waals surface area (Å²) in [6.45, 7) is 1.14. The quantitative estimate of drug-likeness (QED) is 0.456. The monoisotopic (exact) mass is 493 g/mol. The molecule has 1 saturated carbocycles. The average molecular weight is 494 g/mol. The third kappa shape index (κ3) is 4.12. The summed E-state index contributed by atoms with van der Waals surface area (Å²) in [5.41, 5.74) is 0.620. The van der Waals surface area contributed by atoms with Gasteiger partial charge in [0.05, 0.1) is 40.9 Å². The van der Waals surface area contributed by atoms with Gasteiger partial charge in [0.2, 0.25) is 5.91 Å². The lowest BCUT2D eigenvalue weighted by Crippen LogP contribution is -2.50. The molecule has 180 valence electrons. The van der Waals surface area contributed by atoms with Crippen LogP contribution < -0.4 is 5.56 Å². The van der Waals surface area contributed by atoms with Crippen molar-refractivity contribution in [1.82, 2.24) is 34.0 Å². The maximum absolute atomic E-state index is 13.2. The number of halogens is 1. The molecular formula is C24H24ClN7O3. The van der Waals surface area contributed by atoms with Gasteiger partial charge in [-0.1, -0.05) is 17.7 Å². The van der Waals surface area contributed by atoms with E-state index in [4.69, 9.17) is 11.6 Å². The molecule has 2 fully saturated rings. The zero-order chi connectivity index (χ0) is 24.2. The summed E-state index contributed by atoms with van der Waals surface area (Å²) in [6.07, 6.45) is 9.02. The first-order valence-electron chi connectivity index (χ1n) is 11.7. The zero-order valence-electron chi connectivity index (χ0n) is 18.9. The number of likely N-dealkylation sites (tertiary alicyclic amines) is 1. The third-order valence-corrected chi connectivity index (χ3v) is 7.04. The first kappa shape index (κ1) is 22.0. The molecule has 1 saturated heterocycles. The topological polar surface area (TPSA) is 111 Å². The van der Waals surface area contributed by atoms with Crippen molar-refractivity contribution < 1.29 is 9.90 Å². The maximum Gasteiger partial charge on any atom is 0.264 e. The number of carbonyl (C=O) groups excluding carboxylic acids is 1. The van der Waals surface area contributed by atoms with Crippen LogP contribution in [0, 0.1) is 5.92 Å². The largest absolute Gasteiger partial charge is 0.388 e. The highest BCUT2D eigenvalue weighted by Crippen LogP contribution is 2.33. The van der Waals surface area contributed by atoms with Crippen LogP contribution in [-0.2, 0) is 11.3 Å². The molecule has 0 atom stereocenters. The molecule has 1 N–H and O–H groups in total. The van der Waals surface area contributed by atoms with Gasteiger partial charge in [-0.3, -0.25) is 14.2 Å². The lowest BCUT2D eigenvalue weighted by molar-refractivity contribution is -0.137. The molecule has 1 amide bonds. The molecule has 2 aliphatic rings. The third-order valence-electron chi connectivity index (χ3n) is 6.84. The van der Waals surface area contributed by atoms with Crippen LogP contribution in [0.2, 0.25) is 5.02 Å². The summed E-state index contributed by atoms with van der Waals surface area (Å²) in [5.74, 6) is 0.365. The molecule has 1 aliphatic heterocycles.